The molecular formula is C20H30N6O5. The Hall–Kier alpha value is -2.95. The van der Waals surface area contributed by atoms with Crippen molar-refractivity contribution in [3.05, 3.63) is 12.5 Å². The van der Waals surface area contributed by atoms with Crippen LogP contribution in [-0.4, -0.2) is 76.9 Å². The summed E-state index contributed by atoms with van der Waals surface area (Å²) >= 11 is 0. The maximum Gasteiger partial charge on any atom is 0.407 e. The number of hydrogen-bond acceptors (Lipinski definition) is 9. The lowest BCUT2D eigenvalue weighted by atomic mass is 9.98. The summed E-state index contributed by atoms with van der Waals surface area (Å²) in [6, 6.07) is -0.0618. The second-order valence-electron chi connectivity index (χ2n) is 8.43. The Labute approximate surface area is 181 Å². The lowest BCUT2D eigenvalue weighted by Gasteiger charge is -2.40. The topological polar surface area (TPSA) is 121 Å². The highest BCUT2D eigenvalue weighted by molar-refractivity contribution is 5.87. The Morgan fingerprint density at radius 2 is 2.03 bits per heavy atom. The van der Waals surface area contributed by atoms with Gasteiger partial charge in [0.2, 0.25) is 0 Å². The molecular weight excluding hydrogens is 404 g/mol. The molecule has 1 fully saturated rings. The van der Waals surface area contributed by atoms with E-state index in [0.717, 1.165) is 11.8 Å². The molecule has 0 aliphatic carbocycles. The standard InChI is InChI=1S/C20H30N6O5/c1-20(2,3)31-19(28)21-9-13-8-14(29-4)6-7-25(13)17-15-10-24-26(11-16(27)30-5)18(15)23-12-22-17/h10,12-14H,6-9,11H2,1-5H3,(H,21,28)/t13-,14+/m0/s1. The van der Waals surface area contributed by atoms with E-state index in [1.165, 1.54) is 18.1 Å². The molecule has 11 nitrogen and oxygen atoms in total. The van der Waals surface area contributed by atoms with E-state index >= 15 is 0 Å². The summed E-state index contributed by atoms with van der Waals surface area (Å²) in [5.41, 5.74) is -0.0264. The summed E-state index contributed by atoms with van der Waals surface area (Å²) in [7, 11) is 3.02. The van der Waals surface area contributed by atoms with Gasteiger partial charge in [0.25, 0.3) is 0 Å². The number of carbonyl (C=O) groups is 2. The monoisotopic (exact) mass is 434 g/mol. The second-order valence-corrected chi connectivity index (χ2v) is 8.43. The minimum Gasteiger partial charge on any atom is -0.468 e. The zero-order chi connectivity index (χ0) is 22.6. The highest BCUT2D eigenvalue weighted by Gasteiger charge is 2.32. The van der Waals surface area contributed by atoms with E-state index in [4.69, 9.17) is 14.2 Å². The third-order valence-corrected chi connectivity index (χ3v) is 5.07. The largest absolute Gasteiger partial charge is 0.468 e. The molecule has 170 valence electrons. The van der Waals surface area contributed by atoms with Crippen molar-refractivity contribution in [2.45, 2.75) is 57.9 Å². The Morgan fingerprint density at radius 1 is 1.26 bits per heavy atom. The Kier molecular flexibility index (Phi) is 6.94. The fraction of sp³-hybridized carbons (Fsp3) is 0.650. The van der Waals surface area contributed by atoms with Crippen LogP contribution in [-0.2, 0) is 25.5 Å². The van der Waals surface area contributed by atoms with E-state index in [9.17, 15) is 9.59 Å². The van der Waals surface area contributed by atoms with Crippen LogP contribution in [0.1, 0.15) is 33.6 Å². The molecule has 1 amide bonds. The molecule has 0 radical (unpaired) electrons. The van der Waals surface area contributed by atoms with Gasteiger partial charge in [0.15, 0.2) is 5.65 Å². The van der Waals surface area contributed by atoms with Crippen LogP contribution < -0.4 is 10.2 Å². The average Bonchev–Trinajstić information content (AvgIpc) is 3.13. The van der Waals surface area contributed by atoms with E-state index in [1.807, 2.05) is 20.8 Å². The molecule has 2 aromatic rings. The molecule has 0 saturated carbocycles. The van der Waals surface area contributed by atoms with Gasteiger partial charge in [-0.2, -0.15) is 5.10 Å². The van der Waals surface area contributed by atoms with Crippen LogP contribution in [0.5, 0.6) is 0 Å². The molecule has 0 spiro atoms. The number of hydrogen-bond donors (Lipinski definition) is 1. The fourth-order valence-corrected chi connectivity index (χ4v) is 3.63. The number of ether oxygens (including phenoxy) is 3. The number of alkyl carbamates (subject to hydrolysis) is 1. The van der Waals surface area contributed by atoms with Crippen molar-refractivity contribution < 1.29 is 23.8 Å². The van der Waals surface area contributed by atoms with Gasteiger partial charge in [-0.15, -0.1) is 0 Å². The van der Waals surface area contributed by atoms with Gasteiger partial charge >= 0.3 is 12.1 Å². The van der Waals surface area contributed by atoms with Crippen LogP contribution in [0.25, 0.3) is 11.0 Å². The van der Waals surface area contributed by atoms with Gasteiger partial charge in [0.1, 0.15) is 24.3 Å². The average molecular weight is 434 g/mol. The molecule has 1 aliphatic heterocycles. The molecule has 0 bridgehead atoms. The molecule has 3 heterocycles. The fourth-order valence-electron chi connectivity index (χ4n) is 3.63. The number of rotatable bonds is 6. The number of esters is 1. The van der Waals surface area contributed by atoms with Gasteiger partial charge in [-0.05, 0) is 33.6 Å². The first-order valence-electron chi connectivity index (χ1n) is 10.2. The SMILES string of the molecule is COC(=O)Cn1ncc2c(N3CC[C@@H](OC)C[C@H]3CNC(=O)OC(C)(C)C)ncnc21. The van der Waals surface area contributed by atoms with Gasteiger partial charge in [-0.3, -0.25) is 4.79 Å². The lowest BCUT2D eigenvalue weighted by Crippen LogP contribution is -2.51. The van der Waals surface area contributed by atoms with Crippen LogP contribution in [0.2, 0.25) is 0 Å². The summed E-state index contributed by atoms with van der Waals surface area (Å²) in [6.07, 6.45) is 4.25. The van der Waals surface area contributed by atoms with Crippen LogP contribution in [0.4, 0.5) is 10.6 Å². The number of nitrogens with zero attached hydrogens (tertiary/aromatic N) is 5. The van der Waals surface area contributed by atoms with E-state index in [0.29, 0.717) is 31.0 Å². The molecule has 1 saturated heterocycles. The number of nitrogens with one attached hydrogen (secondary N) is 1. The highest BCUT2D eigenvalue weighted by atomic mass is 16.6. The lowest BCUT2D eigenvalue weighted by molar-refractivity contribution is -0.141. The van der Waals surface area contributed by atoms with Gasteiger partial charge in [0, 0.05) is 20.2 Å². The molecule has 1 aliphatic rings. The van der Waals surface area contributed by atoms with Crippen molar-refractivity contribution in [1.82, 2.24) is 25.1 Å². The first kappa shape index (κ1) is 22.7. The molecule has 0 aromatic carbocycles. The third kappa shape index (κ3) is 5.60. The van der Waals surface area contributed by atoms with Crippen molar-refractivity contribution in [3.8, 4) is 0 Å². The number of anilines is 1. The summed E-state index contributed by atoms with van der Waals surface area (Å²) in [5.74, 6) is 0.289. The Bertz CT molecular complexity index is 924. The molecule has 11 heteroatoms. The molecule has 0 unspecified atom stereocenters. The molecule has 2 aromatic heterocycles. The number of piperidine rings is 1. The Morgan fingerprint density at radius 3 is 2.71 bits per heavy atom. The molecule has 3 rings (SSSR count). The molecule has 1 N–H and O–H groups in total. The van der Waals surface area contributed by atoms with Gasteiger partial charge in [0.05, 0.1) is 30.8 Å². The molecule has 31 heavy (non-hydrogen) atoms. The summed E-state index contributed by atoms with van der Waals surface area (Å²) < 4.78 is 17.1. The summed E-state index contributed by atoms with van der Waals surface area (Å²) in [4.78, 5) is 34.8. The smallest absolute Gasteiger partial charge is 0.407 e. The number of fused-ring (bicyclic) bond motifs is 1. The van der Waals surface area contributed by atoms with Crippen LogP contribution >= 0.6 is 0 Å². The minimum absolute atomic E-state index is 0.0359. The molecule has 2 atom stereocenters. The number of amides is 1. The van der Waals surface area contributed by atoms with Crippen molar-refractivity contribution >= 4 is 28.9 Å². The van der Waals surface area contributed by atoms with Crippen molar-refractivity contribution in [3.63, 3.8) is 0 Å². The van der Waals surface area contributed by atoms with Crippen molar-refractivity contribution in [1.29, 1.82) is 0 Å². The highest BCUT2D eigenvalue weighted by Crippen LogP contribution is 2.29. The maximum absolute atomic E-state index is 12.2. The Balaban J connectivity index is 1.83. The van der Waals surface area contributed by atoms with Crippen molar-refractivity contribution in [2.24, 2.45) is 0 Å². The summed E-state index contributed by atoms with van der Waals surface area (Å²) in [5, 5.41) is 7.86. The number of aromatic nitrogens is 4. The minimum atomic E-state index is -0.571. The third-order valence-electron chi connectivity index (χ3n) is 5.07. The zero-order valence-electron chi connectivity index (χ0n) is 18.6. The van der Waals surface area contributed by atoms with E-state index in [-0.39, 0.29) is 18.7 Å². The quantitative estimate of drug-likeness (QED) is 0.674. The normalized spacial score (nSPS) is 19.3. The van der Waals surface area contributed by atoms with E-state index in [2.05, 4.69) is 25.3 Å². The first-order valence-corrected chi connectivity index (χ1v) is 10.2. The van der Waals surface area contributed by atoms with E-state index < -0.39 is 17.7 Å². The van der Waals surface area contributed by atoms with Gasteiger partial charge in [-0.1, -0.05) is 0 Å². The summed E-state index contributed by atoms with van der Waals surface area (Å²) in [6.45, 7) is 6.49. The predicted octanol–water partition coefficient (Wildman–Crippen LogP) is 1.51. The van der Waals surface area contributed by atoms with Gasteiger partial charge in [-0.25, -0.2) is 19.4 Å². The van der Waals surface area contributed by atoms with Gasteiger partial charge < -0.3 is 24.4 Å². The second kappa shape index (κ2) is 9.46. The van der Waals surface area contributed by atoms with Crippen LogP contribution in [0.15, 0.2) is 12.5 Å². The number of methoxy groups -OCH3 is 2. The maximum atomic E-state index is 12.2. The predicted molar refractivity (Wildman–Crippen MR) is 113 cm³/mol. The number of carbonyl (C=O) groups excluding carboxylic acids is 2. The van der Waals surface area contributed by atoms with Crippen LogP contribution in [0, 0.1) is 0 Å². The first-order chi connectivity index (χ1) is 14.7. The van der Waals surface area contributed by atoms with Crippen LogP contribution in [0.3, 0.4) is 0 Å². The zero-order valence-corrected chi connectivity index (χ0v) is 18.6. The van der Waals surface area contributed by atoms with E-state index in [1.54, 1.807) is 13.3 Å². The van der Waals surface area contributed by atoms with Crippen molar-refractivity contribution in [2.75, 3.05) is 32.2 Å².